The van der Waals surface area contributed by atoms with Crippen LogP contribution in [0.25, 0.3) is 11.1 Å². The maximum absolute atomic E-state index is 13.8. The number of aromatic nitrogens is 1. The Hall–Kier alpha value is -3.56. The van der Waals surface area contributed by atoms with E-state index >= 15 is 0 Å². The second-order valence-corrected chi connectivity index (χ2v) is 11.9. The molecule has 1 aromatic heterocycles. The zero-order valence-electron chi connectivity index (χ0n) is 21.3. The van der Waals surface area contributed by atoms with Crippen LogP contribution in [0.3, 0.4) is 0 Å². The fraction of sp³-hybridized carbons (Fsp3) is 0.345. The Morgan fingerprint density at radius 2 is 1.84 bits per heavy atom. The molecule has 1 amide bonds. The highest BCUT2D eigenvalue weighted by Gasteiger charge is 2.54. The average Bonchev–Trinajstić information content (AvgIpc) is 3.50. The van der Waals surface area contributed by atoms with Gasteiger partial charge < -0.3 is 10.1 Å². The highest BCUT2D eigenvalue weighted by atomic mass is 32.2. The van der Waals surface area contributed by atoms with E-state index in [1.165, 1.54) is 22.6 Å². The minimum atomic E-state index is -4.05. The lowest BCUT2D eigenvalue weighted by Crippen LogP contribution is -2.46. The maximum Gasteiger partial charge on any atom is 0.249 e. The van der Waals surface area contributed by atoms with Crippen molar-refractivity contribution < 1.29 is 22.7 Å². The van der Waals surface area contributed by atoms with Gasteiger partial charge >= 0.3 is 0 Å². The van der Waals surface area contributed by atoms with Crippen molar-refractivity contribution in [1.82, 2.24) is 9.21 Å². The van der Waals surface area contributed by atoms with Crippen LogP contribution in [0.4, 0.5) is 0 Å². The third-order valence-electron chi connectivity index (χ3n) is 7.52. The van der Waals surface area contributed by atoms with Gasteiger partial charge in [0.25, 0.3) is 0 Å². The molecule has 0 aliphatic carbocycles. The molecule has 0 radical (unpaired) electrons. The van der Waals surface area contributed by atoms with Crippen LogP contribution < -0.4 is 4.73 Å². The largest absolute Gasteiger partial charge is 0.619 e. The summed E-state index contributed by atoms with van der Waals surface area (Å²) in [6, 6.07) is 19.5. The molecule has 8 nitrogen and oxygen atoms in total. The van der Waals surface area contributed by atoms with Gasteiger partial charge in [-0.1, -0.05) is 67.9 Å². The molecule has 0 bridgehead atoms. The van der Waals surface area contributed by atoms with Crippen molar-refractivity contribution in [3.63, 3.8) is 0 Å². The Morgan fingerprint density at radius 3 is 2.58 bits per heavy atom. The van der Waals surface area contributed by atoms with E-state index in [0.717, 1.165) is 29.3 Å². The maximum atomic E-state index is 13.8. The van der Waals surface area contributed by atoms with Crippen LogP contribution in [-0.4, -0.2) is 54.5 Å². The fourth-order valence-corrected chi connectivity index (χ4v) is 7.38. The van der Waals surface area contributed by atoms with Crippen LogP contribution >= 0.6 is 0 Å². The number of hydrogen-bond acceptors (Lipinski definition) is 5. The van der Waals surface area contributed by atoms with Crippen LogP contribution in [0.2, 0.25) is 0 Å². The highest BCUT2D eigenvalue weighted by molar-refractivity contribution is 7.89. The summed E-state index contributed by atoms with van der Waals surface area (Å²) in [4.78, 5) is 28.4. The van der Waals surface area contributed by atoms with Gasteiger partial charge in [0, 0.05) is 18.5 Å². The molecule has 5 rings (SSSR count). The summed E-state index contributed by atoms with van der Waals surface area (Å²) in [6.45, 7) is 2.06. The number of Topliss-reactive ketones (excluding diaryl/α,β-unsaturated/α-hetero) is 1. The van der Waals surface area contributed by atoms with Gasteiger partial charge in [-0.2, -0.15) is 9.04 Å². The van der Waals surface area contributed by atoms with Gasteiger partial charge in [-0.3, -0.25) is 9.59 Å². The van der Waals surface area contributed by atoms with Crippen molar-refractivity contribution in [2.45, 2.75) is 49.6 Å². The fourth-order valence-electron chi connectivity index (χ4n) is 5.75. The molecule has 3 unspecified atom stereocenters. The van der Waals surface area contributed by atoms with E-state index in [1.807, 2.05) is 43.3 Å². The number of sulfonamides is 1. The number of hydrogen-bond donors (Lipinski definition) is 0. The van der Waals surface area contributed by atoms with Crippen molar-refractivity contribution in [2.75, 3.05) is 13.1 Å². The first-order valence-electron chi connectivity index (χ1n) is 13.0. The minimum Gasteiger partial charge on any atom is -0.619 e. The van der Waals surface area contributed by atoms with Crippen LogP contribution in [-0.2, 0) is 26.0 Å². The molecule has 2 saturated heterocycles. The Balaban J connectivity index is 1.36. The summed E-state index contributed by atoms with van der Waals surface area (Å²) in [5, 5.41) is 11.7. The van der Waals surface area contributed by atoms with Crippen molar-refractivity contribution >= 4 is 21.7 Å². The molecule has 2 aromatic carbocycles. The first-order chi connectivity index (χ1) is 18.3. The summed E-state index contributed by atoms with van der Waals surface area (Å²) < 4.78 is 28.2. The second-order valence-electron chi connectivity index (χ2n) is 10.0. The van der Waals surface area contributed by atoms with Gasteiger partial charge in [0.05, 0.1) is 12.6 Å². The first-order valence-corrected chi connectivity index (χ1v) is 14.4. The molecule has 0 spiro atoms. The van der Waals surface area contributed by atoms with Gasteiger partial charge in [0.2, 0.25) is 15.9 Å². The van der Waals surface area contributed by atoms with Crippen molar-refractivity contribution in [1.29, 1.82) is 0 Å². The molecule has 38 heavy (non-hydrogen) atoms. The van der Waals surface area contributed by atoms with E-state index in [2.05, 4.69) is 18.2 Å². The standard InChI is InChI=1S/C29H31N3O5S/c1-2-8-24(18-21-9-6-12-23(17-21)22-10-4-3-5-11-22)29(34)31-16-14-26-28(31)27(33)20-32(26)38(36,37)25-13-7-15-30(35)19-25/h3-7,9-13,15,17,19,24,26,28H,2,8,14,16,18,20H2,1H3. The van der Waals surface area contributed by atoms with Gasteiger partial charge in [-0.15, -0.1) is 0 Å². The lowest BCUT2D eigenvalue weighted by molar-refractivity contribution is -0.607. The zero-order chi connectivity index (χ0) is 26.9. The van der Waals surface area contributed by atoms with Gasteiger partial charge in [0.15, 0.2) is 18.2 Å². The van der Waals surface area contributed by atoms with E-state index in [0.29, 0.717) is 30.5 Å². The molecule has 198 valence electrons. The third kappa shape index (κ3) is 4.96. The van der Waals surface area contributed by atoms with Gasteiger partial charge in [-0.05, 0) is 42.0 Å². The van der Waals surface area contributed by atoms with E-state index < -0.39 is 22.1 Å². The Morgan fingerprint density at radius 1 is 1.08 bits per heavy atom. The monoisotopic (exact) mass is 533 g/mol. The zero-order valence-corrected chi connectivity index (χ0v) is 22.1. The molecular weight excluding hydrogens is 502 g/mol. The highest BCUT2D eigenvalue weighted by Crippen LogP contribution is 2.35. The average molecular weight is 534 g/mol. The minimum absolute atomic E-state index is 0.103. The smallest absolute Gasteiger partial charge is 0.249 e. The number of benzene rings is 2. The van der Waals surface area contributed by atoms with E-state index in [-0.39, 0.29) is 29.0 Å². The molecular formula is C29H31N3O5S. The predicted molar refractivity (Wildman–Crippen MR) is 142 cm³/mol. The topological polar surface area (TPSA) is 102 Å². The summed E-state index contributed by atoms with van der Waals surface area (Å²) in [7, 11) is -4.05. The molecule has 2 fully saturated rings. The van der Waals surface area contributed by atoms with E-state index in [9.17, 15) is 23.2 Å². The van der Waals surface area contributed by atoms with Gasteiger partial charge in [0.1, 0.15) is 10.9 Å². The molecule has 3 heterocycles. The number of amides is 1. The summed E-state index contributed by atoms with van der Waals surface area (Å²) in [5.41, 5.74) is 3.24. The molecule has 3 aromatic rings. The van der Waals surface area contributed by atoms with Crippen molar-refractivity contribution in [2.24, 2.45) is 5.92 Å². The van der Waals surface area contributed by atoms with Crippen LogP contribution in [0.15, 0.2) is 84.0 Å². The van der Waals surface area contributed by atoms with E-state index in [4.69, 9.17) is 0 Å². The number of nitrogens with zero attached hydrogens (tertiary/aromatic N) is 3. The molecule has 2 aliphatic heterocycles. The van der Waals surface area contributed by atoms with Crippen molar-refractivity contribution in [3.8, 4) is 11.1 Å². The second kappa shape index (κ2) is 10.7. The lowest BCUT2D eigenvalue weighted by atomic mass is 9.91. The van der Waals surface area contributed by atoms with Crippen LogP contribution in [0.5, 0.6) is 0 Å². The Kier molecular flexibility index (Phi) is 7.32. The molecule has 9 heteroatoms. The van der Waals surface area contributed by atoms with Crippen LogP contribution in [0.1, 0.15) is 31.7 Å². The quantitative estimate of drug-likeness (QED) is 0.327. The molecule has 3 atom stereocenters. The SMILES string of the molecule is CCCC(Cc1cccc(-c2ccccc2)c1)C(=O)N1CCC2C1C(=O)CN2S(=O)(=O)c1ccc[n+]([O-])c1. The number of ketones is 1. The molecule has 0 saturated carbocycles. The predicted octanol–water partition coefficient (Wildman–Crippen LogP) is 3.19. The number of pyridine rings is 1. The Labute approximate surface area is 223 Å². The van der Waals surface area contributed by atoms with Crippen LogP contribution in [0, 0.1) is 11.1 Å². The number of fused-ring (bicyclic) bond motifs is 1. The first kappa shape index (κ1) is 26.1. The summed E-state index contributed by atoms with van der Waals surface area (Å²) >= 11 is 0. The molecule has 0 N–H and O–H groups in total. The number of likely N-dealkylation sites (tertiary alicyclic amines) is 1. The molecule has 2 aliphatic rings. The van der Waals surface area contributed by atoms with Gasteiger partial charge in [-0.25, -0.2) is 8.42 Å². The normalized spacial score (nSPS) is 20.4. The number of carbonyl (C=O) groups is 2. The third-order valence-corrected chi connectivity index (χ3v) is 9.37. The number of carbonyl (C=O) groups excluding carboxylic acids is 2. The van der Waals surface area contributed by atoms with Crippen molar-refractivity contribution in [3.05, 3.63) is 89.9 Å². The summed E-state index contributed by atoms with van der Waals surface area (Å²) in [5.74, 6) is -0.692. The lowest BCUT2D eigenvalue weighted by Gasteiger charge is -2.28. The number of rotatable bonds is 8. The summed E-state index contributed by atoms with van der Waals surface area (Å²) in [6.07, 6.45) is 4.61. The Bertz CT molecular complexity index is 1440. The van der Waals surface area contributed by atoms with E-state index in [1.54, 1.807) is 4.90 Å².